The molecule has 1 aliphatic carbocycles. The van der Waals surface area contributed by atoms with Gasteiger partial charge in [-0.1, -0.05) is 48.1 Å². The zero-order valence-corrected chi connectivity index (χ0v) is 15.4. The van der Waals surface area contributed by atoms with E-state index in [-0.39, 0.29) is 18.0 Å². The number of hydrogen-bond donors (Lipinski definition) is 1. The fraction of sp³-hybridized carbons (Fsp3) is 0.250. The van der Waals surface area contributed by atoms with Gasteiger partial charge in [0.15, 0.2) is 5.78 Å². The molecule has 0 saturated carbocycles. The highest BCUT2D eigenvalue weighted by molar-refractivity contribution is 9.10. The smallest absolute Gasteiger partial charge is 0.166 e. The van der Waals surface area contributed by atoms with Crippen LogP contribution in [0.25, 0.3) is 5.76 Å². The molecule has 0 bridgehead atoms. The first-order chi connectivity index (χ1) is 11.4. The van der Waals surface area contributed by atoms with Gasteiger partial charge in [0.05, 0.1) is 13.0 Å². The quantitative estimate of drug-likeness (QED) is 0.329. The number of aliphatic hydroxyl groups excluding tert-OH is 1. The van der Waals surface area contributed by atoms with Gasteiger partial charge in [0.2, 0.25) is 0 Å². The second-order valence-corrected chi connectivity index (χ2v) is 7.19. The van der Waals surface area contributed by atoms with E-state index in [1.165, 1.54) is 11.6 Å². The lowest BCUT2D eigenvalue weighted by atomic mass is 9.97. The van der Waals surface area contributed by atoms with E-state index in [1.807, 2.05) is 56.3 Å². The Labute approximate surface area is 151 Å². The monoisotopic (exact) mass is 388 g/mol. The minimum absolute atomic E-state index is 0.0383. The average Bonchev–Trinajstić information content (AvgIpc) is 2.54. The van der Waals surface area contributed by atoms with Gasteiger partial charge in [-0.25, -0.2) is 0 Å². The second kappa shape index (κ2) is 8.27. The first kappa shape index (κ1) is 18.4. The Morgan fingerprint density at radius 2 is 2.04 bits per heavy atom. The van der Waals surface area contributed by atoms with Crippen molar-refractivity contribution < 1.29 is 14.6 Å². The third-order valence-corrected chi connectivity index (χ3v) is 4.31. The van der Waals surface area contributed by atoms with Crippen molar-refractivity contribution in [1.82, 2.24) is 0 Å². The number of ether oxygens (including phenoxy) is 1. The Bertz CT molecular complexity index is 710. The van der Waals surface area contributed by atoms with E-state index in [4.69, 9.17) is 4.74 Å². The highest BCUT2D eigenvalue weighted by Crippen LogP contribution is 2.32. The number of rotatable bonds is 5. The maximum absolute atomic E-state index is 12.3. The number of alkyl halides is 1. The summed E-state index contributed by atoms with van der Waals surface area (Å²) in [5, 5.41) is 10.0. The Balaban J connectivity index is 2.09. The fourth-order valence-corrected chi connectivity index (χ4v) is 2.67. The number of aliphatic hydroxyl groups is 1. The Morgan fingerprint density at radius 3 is 2.67 bits per heavy atom. The molecule has 0 saturated heterocycles. The maximum atomic E-state index is 12.3. The molecule has 1 aromatic carbocycles. The van der Waals surface area contributed by atoms with E-state index in [0.29, 0.717) is 17.7 Å². The van der Waals surface area contributed by atoms with E-state index in [0.717, 1.165) is 0 Å². The number of carbonyl (C=O) groups is 1. The molecule has 1 unspecified atom stereocenters. The molecule has 1 atom stereocenters. The SMILES string of the molecule is CC(C)=CCOC1(Br)C=CC(=CC=C(O)c2ccccc2)C(=O)C1. The van der Waals surface area contributed by atoms with Crippen molar-refractivity contribution in [2.75, 3.05) is 6.61 Å². The van der Waals surface area contributed by atoms with Gasteiger partial charge in [-0.15, -0.1) is 0 Å². The second-order valence-electron chi connectivity index (χ2n) is 5.85. The lowest BCUT2D eigenvalue weighted by Crippen LogP contribution is -2.30. The molecule has 126 valence electrons. The van der Waals surface area contributed by atoms with Crippen molar-refractivity contribution in [3.05, 3.63) is 77.4 Å². The summed E-state index contributed by atoms with van der Waals surface area (Å²) in [4.78, 5) is 12.3. The average molecular weight is 389 g/mol. The lowest BCUT2D eigenvalue weighted by molar-refractivity contribution is -0.118. The molecular formula is C20H21BrO3. The third kappa shape index (κ3) is 5.32. The van der Waals surface area contributed by atoms with Crippen molar-refractivity contribution in [2.24, 2.45) is 0 Å². The van der Waals surface area contributed by atoms with Crippen molar-refractivity contribution in [1.29, 1.82) is 0 Å². The van der Waals surface area contributed by atoms with Crippen molar-refractivity contribution in [3.63, 3.8) is 0 Å². The van der Waals surface area contributed by atoms with Crippen molar-refractivity contribution in [2.45, 2.75) is 24.8 Å². The van der Waals surface area contributed by atoms with Gasteiger partial charge < -0.3 is 9.84 Å². The van der Waals surface area contributed by atoms with Crippen LogP contribution in [0.4, 0.5) is 0 Å². The van der Waals surface area contributed by atoms with Gasteiger partial charge in [-0.05, 0) is 48.0 Å². The molecule has 0 radical (unpaired) electrons. The standard InChI is InChI=1S/C20H21BrO3/c1-15(2)11-13-24-20(21)12-10-17(19(23)14-20)8-9-18(22)16-6-4-3-5-7-16/h3-12,22H,13-14H2,1-2H3. The Hall–Kier alpha value is -1.91. The van der Waals surface area contributed by atoms with Crippen LogP contribution in [-0.4, -0.2) is 22.0 Å². The number of ketones is 1. The molecule has 0 fully saturated rings. The van der Waals surface area contributed by atoms with E-state index in [9.17, 15) is 9.90 Å². The van der Waals surface area contributed by atoms with Crippen LogP contribution >= 0.6 is 15.9 Å². The van der Waals surface area contributed by atoms with Crippen LogP contribution in [0.2, 0.25) is 0 Å². The van der Waals surface area contributed by atoms with Gasteiger partial charge >= 0.3 is 0 Å². The zero-order valence-electron chi connectivity index (χ0n) is 13.8. The summed E-state index contributed by atoms with van der Waals surface area (Å²) in [5.74, 6) is 0.0865. The summed E-state index contributed by atoms with van der Waals surface area (Å²) in [6, 6.07) is 9.20. The van der Waals surface area contributed by atoms with Crippen LogP contribution in [0.15, 0.2) is 71.9 Å². The number of halogens is 1. The van der Waals surface area contributed by atoms with Gasteiger partial charge in [0.1, 0.15) is 10.3 Å². The molecule has 2 rings (SSSR count). The molecule has 24 heavy (non-hydrogen) atoms. The number of allylic oxidation sites excluding steroid dienone is 5. The largest absolute Gasteiger partial charge is 0.507 e. The predicted molar refractivity (Wildman–Crippen MR) is 101 cm³/mol. The number of hydrogen-bond acceptors (Lipinski definition) is 3. The molecule has 3 nitrogen and oxygen atoms in total. The fourth-order valence-electron chi connectivity index (χ4n) is 2.16. The van der Waals surface area contributed by atoms with Gasteiger partial charge in [0, 0.05) is 11.1 Å². The first-order valence-corrected chi connectivity index (χ1v) is 8.54. The van der Waals surface area contributed by atoms with Gasteiger partial charge in [-0.3, -0.25) is 4.79 Å². The van der Waals surface area contributed by atoms with Crippen LogP contribution in [-0.2, 0) is 9.53 Å². The van der Waals surface area contributed by atoms with Crippen molar-refractivity contribution >= 4 is 27.5 Å². The minimum atomic E-state index is -0.765. The maximum Gasteiger partial charge on any atom is 0.166 e. The third-order valence-electron chi connectivity index (χ3n) is 3.54. The molecule has 0 heterocycles. The van der Waals surface area contributed by atoms with Crippen LogP contribution in [0, 0.1) is 0 Å². The Morgan fingerprint density at radius 1 is 1.33 bits per heavy atom. The molecule has 0 aliphatic heterocycles. The summed E-state index contributed by atoms with van der Waals surface area (Å²) in [6.45, 7) is 4.44. The molecule has 0 amide bonds. The molecule has 0 aromatic heterocycles. The minimum Gasteiger partial charge on any atom is -0.507 e. The predicted octanol–water partition coefficient (Wildman–Crippen LogP) is 5.11. The lowest BCUT2D eigenvalue weighted by Gasteiger charge is -2.26. The topological polar surface area (TPSA) is 46.5 Å². The van der Waals surface area contributed by atoms with Gasteiger partial charge in [0.25, 0.3) is 0 Å². The number of Topliss-reactive ketones (excluding diaryl/α,β-unsaturated/α-hetero) is 1. The normalized spacial score (nSPS) is 22.7. The van der Waals surface area contributed by atoms with Crippen LogP contribution in [0.5, 0.6) is 0 Å². The van der Waals surface area contributed by atoms with Crippen LogP contribution in [0.1, 0.15) is 25.8 Å². The highest BCUT2D eigenvalue weighted by Gasteiger charge is 2.31. The number of carbonyl (C=O) groups excluding carboxylic acids is 1. The number of benzene rings is 1. The summed E-state index contributed by atoms with van der Waals surface area (Å²) < 4.78 is 4.97. The molecule has 1 aromatic rings. The van der Waals surface area contributed by atoms with E-state index in [1.54, 1.807) is 12.2 Å². The van der Waals surface area contributed by atoms with E-state index >= 15 is 0 Å². The van der Waals surface area contributed by atoms with Crippen LogP contribution in [0.3, 0.4) is 0 Å². The highest BCUT2D eigenvalue weighted by atomic mass is 79.9. The van der Waals surface area contributed by atoms with Gasteiger partial charge in [-0.2, -0.15) is 0 Å². The molecule has 4 heteroatoms. The molecule has 1 N–H and O–H groups in total. The summed E-state index contributed by atoms with van der Waals surface area (Å²) in [7, 11) is 0. The van der Waals surface area contributed by atoms with Crippen molar-refractivity contribution in [3.8, 4) is 0 Å². The summed E-state index contributed by atoms with van der Waals surface area (Å²) in [6.07, 6.45) is 8.89. The zero-order chi connectivity index (χ0) is 17.6. The molecular weight excluding hydrogens is 368 g/mol. The first-order valence-electron chi connectivity index (χ1n) is 7.75. The van der Waals surface area contributed by atoms with E-state index in [2.05, 4.69) is 15.9 Å². The van der Waals surface area contributed by atoms with E-state index < -0.39 is 4.51 Å². The van der Waals surface area contributed by atoms with Crippen LogP contribution < -0.4 is 0 Å². The Kier molecular flexibility index (Phi) is 6.35. The summed E-state index contributed by atoms with van der Waals surface area (Å²) in [5.41, 5.74) is 2.42. The summed E-state index contributed by atoms with van der Waals surface area (Å²) >= 11 is 3.48. The molecule has 1 aliphatic rings. The molecule has 0 spiro atoms.